The van der Waals surface area contributed by atoms with Crippen LogP contribution in [-0.4, -0.2) is 42.2 Å². The number of urea groups is 1. The van der Waals surface area contributed by atoms with Gasteiger partial charge in [0.05, 0.1) is 18.8 Å². The summed E-state index contributed by atoms with van der Waals surface area (Å²) in [6, 6.07) is 3.79. The predicted octanol–water partition coefficient (Wildman–Crippen LogP) is 1.36. The van der Waals surface area contributed by atoms with E-state index in [2.05, 4.69) is 10.3 Å². The number of nitrogens with zero attached hydrogens (tertiary/aromatic N) is 2. The minimum absolute atomic E-state index is 0.0489. The number of rotatable bonds is 2. The van der Waals surface area contributed by atoms with Crippen molar-refractivity contribution in [1.29, 1.82) is 0 Å². The largest absolute Gasteiger partial charge is 0.378 e. The van der Waals surface area contributed by atoms with Gasteiger partial charge in [0, 0.05) is 25.5 Å². The summed E-state index contributed by atoms with van der Waals surface area (Å²) in [6.07, 6.45) is 3.50. The van der Waals surface area contributed by atoms with Gasteiger partial charge in [-0.3, -0.25) is 4.98 Å². The first-order chi connectivity index (χ1) is 8.59. The number of hydrogen-bond donors (Lipinski definition) is 1. The third-order valence-corrected chi connectivity index (χ3v) is 3.10. The van der Waals surface area contributed by atoms with E-state index < -0.39 is 5.54 Å². The highest BCUT2D eigenvalue weighted by Gasteiger charge is 2.26. The molecule has 2 heterocycles. The maximum Gasteiger partial charge on any atom is 0.318 e. The van der Waals surface area contributed by atoms with Gasteiger partial charge < -0.3 is 15.0 Å². The fourth-order valence-corrected chi connectivity index (χ4v) is 1.92. The summed E-state index contributed by atoms with van der Waals surface area (Å²) in [5.41, 5.74) is 0.565. The molecule has 0 aromatic carbocycles. The van der Waals surface area contributed by atoms with Crippen molar-refractivity contribution in [3.8, 4) is 0 Å². The minimum Gasteiger partial charge on any atom is -0.378 e. The van der Waals surface area contributed by atoms with E-state index in [9.17, 15) is 4.79 Å². The van der Waals surface area contributed by atoms with Crippen LogP contribution >= 0.6 is 0 Å². The van der Waals surface area contributed by atoms with Crippen LogP contribution in [0.2, 0.25) is 0 Å². The van der Waals surface area contributed by atoms with Gasteiger partial charge in [0.1, 0.15) is 0 Å². The van der Waals surface area contributed by atoms with Gasteiger partial charge in [-0.05, 0) is 25.5 Å². The molecule has 1 aromatic rings. The van der Waals surface area contributed by atoms with Crippen molar-refractivity contribution in [1.82, 2.24) is 15.2 Å². The molecule has 5 heteroatoms. The van der Waals surface area contributed by atoms with Crippen LogP contribution in [0.4, 0.5) is 4.79 Å². The molecule has 5 nitrogen and oxygen atoms in total. The Morgan fingerprint density at radius 1 is 1.44 bits per heavy atom. The Morgan fingerprint density at radius 3 is 2.78 bits per heavy atom. The molecule has 0 radical (unpaired) electrons. The van der Waals surface area contributed by atoms with Gasteiger partial charge >= 0.3 is 6.03 Å². The van der Waals surface area contributed by atoms with E-state index in [4.69, 9.17) is 4.74 Å². The monoisotopic (exact) mass is 249 g/mol. The molecule has 0 aliphatic carbocycles. The summed E-state index contributed by atoms with van der Waals surface area (Å²) >= 11 is 0. The molecule has 1 aromatic heterocycles. The second-order valence-corrected chi connectivity index (χ2v) is 4.90. The number of amides is 2. The molecule has 0 unspecified atom stereocenters. The quantitative estimate of drug-likeness (QED) is 0.861. The molecule has 2 amide bonds. The molecule has 0 bridgehead atoms. The second-order valence-electron chi connectivity index (χ2n) is 4.90. The van der Waals surface area contributed by atoms with Crippen LogP contribution in [-0.2, 0) is 10.3 Å². The number of ether oxygens (including phenoxy) is 1. The lowest BCUT2D eigenvalue weighted by atomic mass is 9.96. The predicted molar refractivity (Wildman–Crippen MR) is 68.2 cm³/mol. The van der Waals surface area contributed by atoms with Crippen molar-refractivity contribution in [2.24, 2.45) is 0 Å². The third-order valence-electron chi connectivity index (χ3n) is 3.10. The molecular weight excluding hydrogens is 230 g/mol. The van der Waals surface area contributed by atoms with Gasteiger partial charge in [-0.25, -0.2) is 4.79 Å². The number of carbonyl (C=O) groups excluding carboxylic acids is 1. The lowest BCUT2D eigenvalue weighted by Crippen LogP contribution is -2.51. The number of aromatic nitrogens is 1. The second kappa shape index (κ2) is 5.35. The number of pyridine rings is 1. The molecule has 0 saturated carbocycles. The van der Waals surface area contributed by atoms with E-state index in [-0.39, 0.29) is 6.03 Å². The Hall–Kier alpha value is -1.62. The lowest BCUT2D eigenvalue weighted by molar-refractivity contribution is 0.0514. The zero-order chi connectivity index (χ0) is 13.0. The van der Waals surface area contributed by atoms with Crippen LogP contribution in [0, 0.1) is 0 Å². The van der Waals surface area contributed by atoms with Crippen LogP contribution in [0.1, 0.15) is 19.4 Å². The lowest BCUT2D eigenvalue weighted by Gasteiger charge is -2.33. The Morgan fingerprint density at radius 2 is 2.17 bits per heavy atom. The topological polar surface area (TPSA) is 54.5 Å². The molecule has 1 fully saturated rings. The number of hydrogen-bond acceptors (Lipinski definition) is 3. The molecule has 1 aliphatic heterocycles. The van der Waals surface area contributed by atoms with Crippen molar-refractivity contribution in [3.63, 3.8) is 0 Å². The van der Waals surface area contributed by atoms with Crippen LogP contribution in [0.5, 0.6) is 0 Å². The fourth-order valence-electron chi connectivity index (χ4n) is 1.92. The van der Waals surface area contributed by atoms with Gasteiger partial charge in [-0.1, -0.05) is 6.07 Å². The highest BCUT2D eigenvalue weighted by molar-refractivity contribution is 5.75. The van der Waals surface area contributed by atoms with Crippen molar-refractivity contribution in [2.75, 3.05) is 26.3 Å². The first kappa shape index (κ1) is 12.8. The number of nitrogens with one attached hydrogen (secondary N) is 1. The van der Waals surface area contributed by atoms with Crippen molar-refractivity contribution >= 4 is 6.03 Å². The SMILES string of the molecule is CC(C)(NC(=O)N1CCOCC1)c1cccnc1. The smallest absolute Gasteiger partial charge is 0.318 e. The van der Waals surface area contributed by atoms with E-state index in [1.807, 2.05) is 26.0 Å². The summed E-state index contributed by atoms with van der Waals surface area (Å²) < 4.78 is 5.23. The fraction of sp³-hybridized carbons (Fsp3) is 0.538. The summed E-state index contributed by atoms with van der Waals surface area (Å²) in [7, 11) is 0. The van der Waals surface area contributed by atoms with Crippen LogP contribution < -0.4 is 5.32 Å². The zero-order valence-corrected chi connectivity index (χ0v) is 10.8. The number of morpholine rings is 1. The molecule has 18 heavy (non-hydrogen) atoms. The molecular formula is C13H19N3O2. The Bertz CT molecular complexity index is 400. The summed E-state index contributed by atoms with van der Waals surface area (Å²) in [4.78, 5) is 18.0. The van der Waals surface area contributed by atoms with E-state index in [1.165, 1.54) is 0 Å². The van der Waals surface area contributed by atoms with Gasteiger partial charge in [-0.15, -0.1) is 0 Å². The van der Waals surface area contributed by atoms with Crippen LogP contribution in [0.25, 0.3) is 0 Å². The highest BCUT2D eigenvalue weighted by atomic mass is 16.5. The standard InChI is InChI=1S/C13H19N3O2/c1-13(2,11-4-3-5-14-10-11)15-12(17)16-6-8-18-9-7-16/h3-5,10H,6-9H2,1-2H3,(H,15,17). The average molecular weight is 249 g/mol. The molecule has 1 N–H and O–H groups in total. The first-order valence-corrected chi connectivity index (χ1v) is 6.15. The first-order valence-electron chi connectivity index (χ1n) is 6.15. The van der Waals surface area contributed by atoms with E-state index in [1.54, 1.807) is 17.3 Å². The van der Waals surface area contributed by atoms with Gasteiger partial charge in [0.2, 0.25) is 0 Å². The van der Waals surface area contributed by atoms with Crippen molar-refractivity contribution < 1.29 is 9.53 Å². The molecule has 0 spiro atoms. The summed E-state index contributed by atoms with van der Waals surface area (Å²) in [6.45, 7) is 6.47. The summed E-state index contributed by atoms with van der Waals surface area (Å²) in [5, 5.41) is 3.03. The van der Waals surface area contributed by atoms with Gasteiger partial charge in [0.15, 0.2) is 0 Å². The molecule has 98 valence electrons. The van der Waals surface area contributed by atoms with E-state index in [0.29, 0.717) is 26.3 Å². The van der Waals surface area contributed by atoms with E-state index in [0.717, 1.165) is 5.56 Å². The molecule has 1 saturated heterocycles. The Labute approximate surface area is 107 Å². The zero-order valence-electron chi connectivity index (χ0n) is 10.8. The minimum atomic E-state index is -0.427. The summed E-state index contributed by atoms with van der Waals surface area (Å²) in [5.74, 6) is 0. The van der Waals surface area contributed by atoms with Crippen molar-refractivity contribution in [3.05, 3.63) is 30.1 Å². The molecule has 1 aliphatic rings. The average Bonchev–Trinajstić information content (AvgIpc) is 2.40. The molecule has 0 atom stereocenters. The number of carbonyl (C=O) groups is 1. The van der Waals surface area contributed by atoms with E-state index >= 15 is 0 Å². The van der Waals surface area contributed by atoms with Crippen LogP contribution in [0.3, 0.4) is 0 Å². The third kappa shape index (κ3) is 2.98. The van der Waals surface area contributed by atoms with Gasteiger partial charge in [-0.2, -0.15) is 0 Å². The molecule has 2 rings (SSSR count). The Kier molecular flexibility index (Phi) is 3.81. The van der Waals surface area contributed by atoms with Crippen LogP contribution in [0.15, 0.2) is 24.5 Å². The Balaban J connectivity index is 2.01. The maximum absolute atomic E-state index is 12.1. The normalized spacial score (nSPS) is 16.4. The van der Waals surface area contributed by atoms with Gasteiger partial charge in [0.25, 0.3) is 0 Å². The highest BCUT2D eigenvalue weighted by Crippen LogP contribution is 2.19. The maximum atomic E-state index is 12.1. The van der Waals surface area contributed by atoms with Crippen molar-refractivity contribution in [2.45, 2.75) is 19.4 Å².